The maximum Gasteiger partial charge on any atom is 0.251 e. The van der Waals surface area contributed by atoms with Crippen LogP contribution in [0.25, 0.3) is 0 Å². The second-order valence-corrected chi connectivity index (χ2v) is 7.35. The number of hydrogen-bond donors (Lipinski definition) is 2. The normalized spacial score (nSPS) is 14.2. The predicted molar refractivity (Wildman–Crippen MR) is 107 cm³/mol. The van der Waals surface area contributed by atoms with Crippen molar-refractivity contribution in [2.45, 2.75) is 46.1 Å². The molecule has 0 unspecified atom stereocenters. The minimum atomic E-state index is -0.197. The van der Waals surface area contributed by atoms with Gasteiger partial charge in [-0.1, -0.05) is 12.1 Å². The van der Waals surface area contributed by atoms with E-state index < -0.39 is 0 Å². The summed E-state index contributed by atoms with van der Waals surface area (Å²) in [7, 11) is 0. The number of aromatic hydroxyl groups is 1. The second kappa shape index (κ2) is 8.87. The molecule has 2 heterocycles. The highest BCUT2D eigenvalue weighted by atomic mass is 16.3. The third-order valence-corrected chi connectivity index (χ3v) is 5.19. The fourth-order valence-electron chi connectivity index (χ4n) is 3.52. The van der Waals surface area contributed by atoms with Crippen LogP contribution in [0.15, 0.2) is 30.3 Å². The molecule has 1 aliphatic heterocycles. The van der Waals surface area contributed by atoms with Crippen molar-refractivity contribution in [3.63, 3.8) is 0 Å². The molecule has 0 saturated carbocycles. The van der Waals surface area contributed by atoms with Gasteiger partial charge in [-0.05, 0) is 62.4 Å². The average Bonchev–Trinajstić information content (AvgIpc) is 2.67. The van der Waals surface area contributed by atoms with Crippen molar-refractivity contribution in [1.29, 1.82) is 0 Å². The molecule has 3 rings (SSSR count). The van der Waals surface area contributed by atoms with Gasteiger partial charge >= 0.3 is 0 Å². The number of piperidine rings is 1. The van der Waals surface area contributed by atoms with E-state index in [0.717, 1.165) is 49.2 Å². The van der Waals surface area contributed by atoms with E-state index in [0.29, 0.717) is 17.5 Å². The van der Waals surface area contributed by atoms with E-state index in [4.69, 9.17) is 0 Å². The summed E-state index contributed by atoms with van der Waals surface area (Å²) in [6.45, 7) is 5.50. The molecule has 2 amide bonds. The molecule has 0 spiro atoms. The van der Waals surface area contributed by atoms with Gasteiger partial charge in [-0.3, -0.25) is 9.59 Å². The van der Waals surface area contributed by atoms with E-state index in [1.54, 1.807) is 12.1 Å². The van der Waals surface area contributed by atoms with Crippen LogP contribution in [-0.4, -0.2) is 39.9 Å². The molecule has 0 bridgehead atoms. The number of carbonyl (C=O) groups excluding carboxylic acids is 2. The highest BCUT2D eigenvalue weighted by molar-refractivity contribution is 5.94. The van der Waals surface area contributed by atoms with E-state index in [-0.39, 0.29) is 24.2 Å². The van der Waals surface area contributed by atoms with Crippen molar-refractivity contribution < 1.29 is 14.7 Å². The van der Waals surface area contributed by atoms with Crippen molar-refractivity contribution in [2.75, 3.05) is 13.1 Å². The lowest BCUT2D eigenvalue weighted by molar-refractivity contribution is -0.133. The number of hydrogen-bond acceptors (Lipinski definition) is 4. The topological polar surface area (TPSA) is 82.5 Å². The number of aromatic nitrogens is 1. The summed E-state index contributed by atoms with van der Waals surface area (Å²) in [5.74, 6) is 0.00364. The smallest absolute Gasteiger partial charge is 0.251 e. The zero-order chi connectivity index (χ0) is 20.1. The monoisotopic (exact) mass is 381 g/mol. The van der Waals surface area contributed by atoms with Crippen LogP contribution in [0, 0.1) is 13.8 Å². The predicted octanol–water partition coefficient (Wildman–Crippen LogP) is 2.89. The van der Waals surface area contributed by atoms with Gasteiger partial charge in [0, 0.05) is 42.9 Å². The van der Waals surface area contributed by atoms with Gasteiger partial charge in [0.05, 0.1) is 0 Å². The fourth-order valence-corrected chi connectivity index (χ4v) is 3.52. The van der Waals surface area contributed by atoms with E-state index in [1.807, 2.05) is 36.9 Å². The Hall–Kier alpha value is -2.89. The number of aryl methyl sites for hydroxylation is 2. The lowest BCUT2D eigenvalue weighted by Gasteiger charge is -2.26. The molecule has 148 valence electrons. The molecule has 0 radical (unpaired) electrons. The Balaban J connectivity index is 1.54. The average molecular weight is 381 g/mol. The Labute approximate surface area is 165 Å². The second-order valence-electron chi connectivity index (χ2n) is 7.35. The van der Waals surface area contributed by atoms with Crippen molar-refractivity contribution in [3.8, 4) is 5.88 Å². The number of benzene rings is 1. The molecule has 0 aliphatic carbocycles. The van der Waals surface area contributed by atoms with E-state index >= 15 is 0 Å². The summed E-state index contributed by atoms with van der Waals surface area (Å²) in [6, 6.07) is 9.33. The van der Waals surface area contributed by atoms with Crippen molar-refractivity contribution in [2.24, 2.45) is 0 Å². The summed E-state index contributed by atoms with van der Waals surface area (Å²) in [5.41, 5.74) is 3.93. The van der Waals surface area contributed by atoms with Crippen LogP contribution in [-0.2, 0) is 17.8 Å². The maximum atomic E-state index is 12.4. The molecule has 2 aromatic rings. The zero-order valence-electron chi connectivity index (χ0n) is 16.5. The number of nitrogens with one attached hydrogen (secondary N) is 1. The number of likely N-dealkylation sites (tertiary alicyclic amines) is 1. The van der Waals surface area contributed by atoms with E-state index in [9.17, 15) is 14.7 Å². The highest BCUT2D eigenvalue weighted by Gasteiger charge is 2.17. The van der Waals surface area contributed by atoms with Crippen LogP contribution in [0.1, 0.15) is 52.0 Å². The SMILES string of the molecule is Cc1cc(C)c(CNC(=O)c2ccc(CCN3CCCCC3=O)cc2)c(O)n1. The molecule has 1 aliphatic rings. The first kappa shape index (κ1) is 19.9. The molecular weight excluding hydrogens is 354 g/mol. The first-order chi connectivity index (χ1) is 13.4. The Morgan fingerprint density at radius 3 is 2.64 bits per heavy atom. The molecule has 6 heteroatoms. The van der Waals surface area contributed by atoms with Crippen molar-refractivity contribution >= 4 is 11.8 Å². The van der Waals surface area contributed by atoms with Crippen molar-refractivity contribution in [1.82, 2.24) is 15.2 Å². The van der Waals surface area contributed by atoms with Gasteiger partial charge in [-0.2, -0.15) is 0 Å². The summed E-state index contributed by atoms with van der Waals surface area (Å²) < 4.78 is 0. The Morgan fingerprint density at radius 2 is 1.96 bits per heavy atom. The van der Waals surface area contributed by atoms with Gasteiger partial charge < -0.3 is 15.3 Å². The minimum absolute atomic E-state index is 0.0413. The van der Waals surface area contributed by atoms with Gasteiger partial charge in [0.1, 0.15) is 0 Å². The summed E-state index contributed by atoms with van der Waals surface area (Å²) in [4.78, 5) is 30.2. The van der Waals surface area contributed by atoms with Crippen LogP contribution >= 0.6 is 0 Å². The molecule has 28 heavy (non-hydrogen) atoms. The highest BCUT2D eigenvalue weighted by Crippen LogP contribution is 2.19. The van der Waals surface area contributed by atoms with Crippen LogP contribution in [0.4, 0.5) is 0 Å². The Kier molecular flexibility index (Phi) is 6.29. The third kappa shape index (κ3) is 4.88. The Bertz CT molecular complexity index is 839. The Morgan fingerprint density at radius 1 is 1.21 bits per heavy atom. The van der Waals surface area contributed by atoms with Gasteiger partial charge in [0.2, 0.25) is 11.8 Å². The quantitative estimate of drug-likeness (QED) is 0.806. The lowest BCUT2D eigenvalue weighted by Crippen LogP contribution is -2.36. The summed E-state index contributed by atoms with van der Waals surface area (Å²) >= 11 is 0. The molecular formula is C22H27N3O3. The molecule has 1 fully saturated rings. The number of amides is 2. The number of carbonyl (C=O) groups is 2. The summed E-state index contributed by atoms with van der Waals surface area (Å²) in [6.07, 6.45) is 3.52. The lowest BCUT2D eigenvalue weighted by atomic mass is 10.1. The first-order valence-electron chi connectivity index (χ1n) is 9.75. The minimum Gasteiger partial charge on any atom is -0.493 e. The third-order valence-electron chi connectivity index (χ3n) is 5.19. The number of nitrogens with zero attached hydrogens (tertiary/aromatic N) is 2. The van der Waals surface area contributed by atoms with E-state index in [2.05, 4.69) is 10.3 Å². The molecule has 2 N–H and O–H groups in total. The first-order valence-corrected chi connectivity index (χ1v) is 9.75. The molecule has 6 nitrogen and oxygen atoms in total. The van der Waals surface area contributed by atoms with Crippen LogP contribution in [0.5, 0.6) is 5.88 Å². The summed E-state index contributed by atoms with van der Waals surface area (Å²) in [5, 5.41) is 12.8. The maximum absolute atomic E-state index is 12.4. The van der Waals surface area contributed by atoms with Crippen molar-refractivity contribution in [3.05, 3.63) is 58.3 Å². The van der Waals surface area contributed by atoms with E-state index in [1.165, 1.54) is 0 Å². The number of pyridine rings is 1. The molecule has 1 aromatic heterocycles. The van der Waals surface area contributed by atoms with Crippen LogP contribution in [0.2, 0.25) is 0 Å². The zero-order valence-corrected chi connectivity index (χ0v) is 16.5. The van der Waals surface area contributed by atoms with Gasteiger partial charge in [0.15, 0.2) is 0 Å². The van der Waals surface area contributed by atoms with Crippen LogP contribution in [0.3, 0.4) is 0 Å². The molecule has 1 saturated heterocycles. The fraction of sp³-hybridized carbons (Fsp3) is 0.409. The van der Waals surface area contributed by atoms with Gasteiger partial charge in [0.25, 0.3) is 5.91 Å². The van der Waals surface area contributed by atoms with Gasteiger partial charge in [-0.15, -0.1) is 0 Å². The van der Waals surface area contributed by atoms with Gasteiger partial charge in [-0.25, -0.2) is 4.98 Å². The number of rotatable bonds is 6. The molecule has 1 aromatic carbocycles. The standard InChI is InChI=1S/C22H27N3O3/c1-15-13-16(2)24-22(28)19(15)14-23-21(27)18-8-6-17(7-9-18)10-12-25-11-4-3-5-20(25)26/h6-9,13H,3-5,10-12,14H2,1-2H3,(H,23,27)(H,24,28). The van der Waals surface area contributed by atoms with Crippen LogP contribution < -0.4 is 5.32 Å². The molecule has 0 atom stereocenters. The largest absolute Gasteiger partial charge is 0.493 e.